The molecular weight excluding hydrogens is 523 g/mol. The number of carbonyl (C=O) groups excluding carboxylic acids is 1. The number of carbonyl (C=O) groups is 1. The van der Waals surface area contributed by atoms with Gasteiger partial charge in [-0.25, -0.2) is 0 Å². The summed E-state index contributed by atoms with van der Waals surface area (Å²) < 4.78 is 0. The fraction of sp³-hybridized carbons (Fsp3) is 0.462. The van der Waals surface area contributed by atoms with Crippen LogP contribution in [0.2, 0.25) is 10.0 Å². The molecule has 0 spiro atoms. The van der Waals surface area contributed by atoms with Gasteiger partial charge in [-0.3, -0.25) is 4.79 Å². The van der Waals surface area contributed by atoms with Crippen LogP contribution in [-0.2, 0) is 0 Å². The Labute approximate surface area is 230 Å². The summed E-state index contributed by atoms with van der Waals surface area (Å²) in [7, 11) is 1.87. The molecule has 0 saturated carbocycles. The first-order valence-electron chi connectivity index (χ1n) is 11.9. The number of amides is 1. The summed E-state index contributed by atoms with van der Waals surface area (Å²) in [5, 5.41) is 5.29. The number of thiocarbonyl (C=S) groups is 1. The third-order valence-electron chi connectivity index (χ3n) is 6.96. The smallest absolute Gasteiger partial charge is 0.253 e. The molecule has 9 heteroatoms. The molecule has 2 aromatic rings. The van der Waals surface area contributed by atoms with E-state index in [4.69, 9.17) is 35.4 Å². The molecule has 0 aliphatic carbocycles. The summed E-state index contributed by atoms with van der Waals surface area (Å²) in [6.45, 7) is 5.71. The SMILES string of the molecule is CN(CC(CCN1CCC(N2CCNC2=S)CC1)c1ccc(Cl)c(Cl)c1)C(=O)c1ccccc1.Cl. The van der Waals surface area contributed by atoms with Crippen LogP contribution in [0.1, 0.15) is 41.1 Å². The van der Waals surface area contributed by atoms with E-state index in [9.17, 15) is 4.79 Å². The predicted octanol–water partition coefficient (Wildman–Crippen LogP) is 5.32. The van der Waals surface area contributed by atoms with Crippen LogP contribution in [0, 0.1) is 0 Å². The van der Waals surface area contributed by atoms with Gasteiger partial charge in [0.15, 0.2) is 5.11 Å². The summed E-state index contributed by atoms with van der Waals surface area (Å²) in [6.07, 6.45) is 3.20. The third-order valence-corrected chi connectivity index (χ3v) is 8.08. The molecule has 1 amide bonds. The topological polar surface area (TPSA) is 38.8 Å². The molecule has 2 saturated heterocycles. The van der Waals surface area contributed by atoms with Crippen molar-refractivity contribution in [2.24, 2.45) is 0 Å². The van der Waals surface area contributed by atoms with E-state index in [2.05, 4.69) is 15.1 Å². The summed E-state index contributed by atoms with van der Waals surface area (Å²) in [5.41, 5.74) is 1.82. The second-order valence-corrected chi connectivity index (χ2v) is 10.4. The van der Waals surface area contributed by atoms with Crippen molar-refractivity contribution >= 4 is 58.8 Å². The van der Waals surface area contributed by atoms with Crippen molar-refractivity contribution in [2.45, 2.75) is 31.2 Å². The minimum atomic E-state index is 0. The van der Waals surface area contributed by atoms with Gasteiger partial charge in [0.2, 0.25) is 0 Å². The number of piperidine rings is 1. The van der Waals surface area contributed by atoms with Gasteiger partial charge in [-0.1, -0.05) is 47.5 Å². The van der Waals surface area contributed by atoms with Crippen LogP contribution >= 0.6 is 47.8 Å². The fourth-order valence-electron chi connectivity index (χ4n) is 4.97. The summed E-state index contributed by atoms with van der Waals surface area (Å²) >= 11 is 18.0. The zero-order valence-electron chi connectivity index (χ0n) is 20.0. The molecule has 4 rings (SSSR count). The molecule has 0 aromatic heterocycles. The Hall–Kier alpha value is -1.57. The Kier molecular flexibility index (Phi) is 10.5. The van der Waals surface area contributed by atoms with Crippen molar-refractivity contribution in [1.29, 1.82) is 0 Å². The number of hydrogen-bond donors (Lipinski definition) is 1. The molecule has 1 atom stereocenters. The van der Waals surface area contributed by atoms with Crippen LogP contribution in [-0.4, -0.2) is 78.1 Å². The van der Waals surface area contributed by atoms with Crippen LogP contribution in [0.5, 0.6) is 0 Å². The zero-order valence-corrected chi connectivity index (χ0v) is 23.1. The van der Waals surface area contributed by atoms with Gasteiger partial charge < -0.3 is 20.0 Å². The van der Waals surface area contributed by atoms with Crippen LogP contribution < -0.4 is 5.32 Å². The van der Waals surface area contributed by atoms with Gasteiger partial charge in [-0.15, -0.1) is 12.4 Å². The Morgan fingerprint density at radius 3 is 2.46 bits per heavy atom. The molecule has 0 radical (unpaired) electrons. The van der Waals surface area contributed by atoms with Crippen molar-refractivity contribution in [3.8, 4) is 0 Å². The van der Waals surface area contributed by atoms with E-state index in [-0.39, 0.29) is 24.2 Å². The number of rotatable bonds is 8. The van der Waals surface area contributed by atoms with E-state index >= 15 is 0 Å². The lowest BCUT2D eigenvalue weighted by atomic mass is 9.94. The number of nitrogens with one attached hydrogen (secondary N) is 1. The maximum absolute atomic E-state index is 13.0. The van der Waals surface area contributed by atoms with Gasteiger partial charge in [-0.2, -0.15) is 0 Å². The number of hydrogen-bond acceptors (Lipinski definition) is 3. The number of likely N-dealkylation sites (N-methyl/N-ethyl adjacent to an activating group) is 1. The highest BCUT2D eigenvalue weighted by Crippen LogP contribution is 2.30. The van der Waals surface area contributed by atoms with E-state index in [0.717, 1.165) is 62.7 Å². The second-order valence-electron chi connectivity index (χ2n) is 9.21. The largest absolute Gasteiger partial charge is 0.361 e. The molecule has 2 aliphatic rings. The van der Waals surface area contributed by atoms with Crippen molar-refractivity contribution in [3.05, 3.63) is 69.7 Å². The van der Waals surface area contributed by atoms with Crippen LogP contribution in [0.25, 0.3) is 0 Å². The Morgan fingerprint density at radius 1 is 1.11 bits per heavy atom. The van der Waals surface area contributed by atoms with Gasteiger partial charge in [0.1, 0.15) is 0 Å². The van der Waals surface area contributed by atoms with Gasteiger partial charge in [-0.05, 0) is 67.9 Å². The molecule has 1 unspecified atom stereocenters. The summed E-state index contributed by atoms with van der Waals surface area (Å²) in [5.74, 6) is 0.196. The lowest BCUT2D eigenvalue weighted by Gasteiger charge is -2.37. The standard InChI is InChI=1S/C26H32Cl2N4OS.ClH/c1-30(25(33)19-5-3-2-4-6-19)18-21(20-7-8-23(27)24(28)17-20)9-13-31-14-10-22(11-15-31)32-16-12-29-26(32)34;/h2-8,17,21-22H,9-16,18H2,1H3,(H,29,34);1H. The maximum atomic E-state index is 13.0. The van der Waals surface area contributed by atoms with Crippen LogP contribution in [0.3, 0.4) is 0 Å². The molecule has 190 valence electrons. The monoisotopic (exact) mass is 554 g/mol. The number of likely N-dealkylation sites (tertiary alicyclic amines) is 1. The normalized spacial score (nSPS) is 17.6. The maximum Gasteiger partial charge on any atom is 0.253 e. The lowest BCUT2D eigenvalue weighted by molar-refractivity contribution is 0.0780. The first-order chi connectivity index (χ1) is 16.4. The quantitative estimate of drug-likeness (QED) is 0.447. The average molecular weight is 556 g/mol. The van der Waals surface area contributed by atoms with Crippen LogP contribution in [0.4, 0.5) is 0 Å². The number of halogens is 3. The Bertz CT molecular complexity index is 1000. The molecule has 0 bridgehead atoms. The zero-order chi connectivity index (χ0) is 24.1. The van der Waals surface area contributed by atoms with Gasteiger partial charge in [0.05, 0.1) is 10.0 Å². The fourth-order valence-corrected chi connectivity index (χ4v) is 5.62. The molecule has 35 heavy (non-hydrogen) atoms. The van der Waals surface area contributed by atoms with E-state index < -0.39 is 0 Å². The highest BCUT2D eigenvalue weighted by molar-refractivity contribution is 7.80. The molecule has 2 aliphatic heterocycles. The highest BCUT2D eigenvalue weighted by atomic mass is 35.5. The first kappa shape index (κ1) is 28.0. The average Bonchev–Trinajstić information content (AvgIpc) is 3.29. The van der Waals surface area contributed by atoms with Gasteiger partial charge in [0, 0.05) is 57.3 Å². The molecule has 1 N–H and O–H groups in total. The highest BCUT2D eigenvalue weighted by Gasteiger charge is 2.29. The first-order valence-corrected chi connectivity index (χ1v) is 13.1. The third kappa shape index (κ3) is 7.23. The molecule has 2 heterocycles. The van der Waals surface area contributed by atoms with Crippen molar-refractivity contribution in [2.75, 3.05) is 46.3 Å². The van der Waals surface area contributed by atoms with Crippen LogP contribution in [0.15, 0.2) is 48.5 Å². The predicted molar refractivity (Wildman–Crippen MR) is 151 cm³/mol. The van der Waals surface area contributed by atoms with Crippen molar-refractivity contribution in [3.63, 3.8) is 0 Å². The summed E-state index contributed by atoms with van der Waals surface area (Å²) in [6, 6.07) is 15.8. The van der Waals surface area contributed by atoms with E-state index in [0.29, 0.717) is 28.2 Å². The van der Waals surface area contributed by atoms with E-state index in [1.807, 2.05) is 60.5 Å². The van der Waals surface area contributed by atoms with Crippen molar-refractivity contribution < 1.29 is 4.79 Å². The van der Waals surface area contributed by atoms with Crippen molar-refractivity contribution in [1.82, 2.24) is 20.0 Å². The van der Waals surface area contributed by atoms with Gasteiger partial charge in [0.25, 0.3) is 5.91 Å². The second kappa shape index (κ2) is 13.1. The molecule has 2 fully saturated rings. The Morgan fingerprint density at radius 2 is 1.83 bits per heavy atom. The summed E-state index contributed by atoms with van der Waals surface area (Å²) in [4.78, 5) is 19.7. The minimum absolute atomic E-state index is 0. The van der Waals surface area contributed by atoms with Gasteiger partial charge >= 0.3 is 0 Å². The van der Waals surface area contributed by atoms with E-state index in [1.54, 1.807) is 0 Å². The minimum Gasteiger partial charge on any atom is -0.361 e. The lowest BCUT2D eigenvalue weighted by Crippen LogP contribution is -2.46. The number of nitrogens with zero attached hydrogens (tertiary/aromatic N) is 3. The molecule has 5 nitrogen and oxygen atoms in total. The van der Waals surface area contributed by atoms with E-state index in [1.165, 1.54) is 0 Å². The molecule has 2 aromatic carbocycles. The Balaban J connectivity index is 0.00000342. The molecular formula is C26H33Cl3N4OS. The number of benzene rings is 2.